The van der Waals surface area contributed by atoms with E-state index in [1.807, 2.05) is 36.4 Å². The number of para-hydroxylation sites is 1. The van der Waals surface area contributed by atoms with Crippen LogP contribution in [0.25, 0.3) is 0 Å². The number of nitrogens with zero attached hydrogens (tertiary/aromatic N) is 2. The van der Waals surface area contributed by atoms with E-state index in [-0.39, 0.29) is 12.3 Å². The van der Waals surface area contributed by atoms with E-state index < -0.39 is 10.0 Å². The molecule has 1 atom stereocenters. The van der Waals surface area contributed by atoms with Gasteiger partial charge in [-0.2, -0.15) is 4.31 Å². The van der Waals surface area contributed by atoms with Gasteiger partial charge in [0.1, 0.15) is 5.75 Å². The summed E-state index contributed by atoms with van der Waals surface area (Å²) in [7, 11) is -1.97. The molecule has 0 bridgehead atoms. The number of methoxy groups -OCH3 is 1. The molecule has 2 aromatic rings. The van der Waals surface area contributed by atoms with E-state index in [2.05, 4.69) is 13.8 Å². The summed E-state index contributed by atoms with van der Waals surface area (Å²) >= 11 is 0. The van der Waals surface area contributed by atoms with Crippen LogP contribution in [-0.2, 0) is 21.2 Å². The van der Waals surface area contributed by atoms with Crippen LogP contribution in [0.5, 0.6) is 5.75 Å². The van der Waals surface area contributed by atoms with Crippen molar-refractivity contribution >= 4 is 15.9 Å². The van der Waals surface area contributed by atoms with Gasteiger partial charge in [0.15, 0.2) is 0 Å². The van der Waals surface area contributed by atoms with Crippen LogP contribution in [0.2, 0.25) is 0 Å². The van der Waals surface area contributed by atoms with Crippen LogP contribution in [0.15, 0.2) is 53.4 Å². The van der Waals surface area contributed by atoms with Crippen molar-refractivity contribution in [1.82, 2.24) is 9.21 Å². The number of carbonyl (C=O) groups is 1. The Morgan fingerprint density at radius 1 is 1.03 bits per heavy atom. The molecule has 1 unspecified atom stereocenters. The second-order valence-electron chi connectivity index (χ2n) is 7.65. The number of piperazine rings is 1. The number of hydrogen-bond acceptors (Lipinski definition) is 4. The normalized spacial score (nSPS) is 16.3. The van der Waals surface area contributed by atoms with Gasteiger partial charge in [0.05, 0.1) is 18.4 Å². The lowest BCUT2D eigenvalue weighted by molar-refractivity contribution is -0.131. The number of rotatable bonds is 7. The third kappa shape index (κ3) is 4.84. The molecule has 2 aromatic carbocycles. The smallest absolute Gasteiger partial charge is 0.243 e. The van der Waals surface area contributed by atoms with E-state index >= 15 is 0 Å². The van der Waals surface area contributed by atoms with Gasteiger partial charge in [0.2, 0.25) is 15.9 Å². The van der Waals surface area contributed by atoms with Crippen LogP contribution >= 0.6 is 0 Å². The Kier molecular flexibility index (Phi) is 7.15. The topological polar surface area (TPSA) is 66.9 Å². The minimum atomic E-state index is -3.55. The van der Waals surface area contributed by atoms with Crippen LogP contribution < -0.4 is 4.74 Å². The first-order chi connectivity index (χ1) is 14.4. The van der Waals surface area contributed by atoms with Crippen molar-refractivity contribution in [2.45, 2.75) is 37.5 Å². The largest absolute Gasteiger partial charge is 0.496 e. The molecule has 1 aliphatic rings. The molecular weight excluding hydrogens is 400 g/mol. The maximum Gasteiger partial charge on any atom is 0.243 e. The molecule has 162 valence electrons. The Labute approximate surface area is 179 Å². The predicted octanol–water partition coefficient (Wildman–Crippen LogP) is 3.28. The Morgan fingerprint density at radius 2 is 1.67 bits per heavy atom. The average molecular weight is 431 g/mol. The lowest BCUT2D eigenvalue weighted by atomic mass is 9.99. The van der Waals surface area contributed by atoms with E-state index in [0.29, 0.717) is 42.7 Å². The van der Waals surface area contributed by atoms with Crippen LogP contribution in [0, 0.1) is 0 Å². The molecule has 0 spiro atoms. The highest BCUT2D eigenvalue weighted by Crippen LogP contribution is 2.24. The molecule has 1 fully saturated rings. The Bertz CT molecular complexity index is 965. The fourth-order valence-electron chi connectivity index (χ4n) is 3.65. The van der Waals surface area contributed by atoms with Gasteiger partial charge in [0.25, 0.3) is 0 Å². The quantitative estimate of drug-likeness (QED) is 0.676. The Balaban J connectivity index is 1.62. The molecule has 1 heterocycles. The molecule has 0 N–H and O–H groups in total. The molecule has 30 heavy (non-hydrogen) atoms. The summed E-state index contributed by atoms with van der Waals surface area (Å²) in [6.45, 7) is 5.62. The second-order valence-corrected chi connectivity index (χ2v) is 9.59. The van der Waals surface area contributed by atoms with Crippen LogP contribution in [-0.4, -0.2) is 56.8 Å². The molecule has 1 amide bonds. The van der Waals surface area contributed by atoms with Gasteiger partial charge in [-0.3, -0.25) is 4.79 Å². The molecule has 0 radical (unpaired) electrons. The van der Waals surface area contributed by atoms with Gasteiger partial charge in [-0.25, -0.2) is 8.42 Å². The number of benzene rings is 2. The minimum absolute atomic E-state index is 0.0190. The van der Waals surface area contributed by atoms with Gasteiger partial charge < -0.3 is 9.64 Å². The van der Waals surface area contributed by atoms with Gasteiger partial charge in [-0.15, -0.1) is 0 Å². The number of ether oxygens (including phenoxy) is 1. The summed E-state index contributed by atoms with van der Waals surface area (Å²) in [4.78, 5) is 14.7. The highest BCUT2D eigenvalue weighted by atomic mass is 32.2. The van der Waals surface area contributed by atoms with Crippen molar-refractivity contribution in [3.63, 3.8) is 0 Å². The molecule has 7 heteroatoms. The highest BCUT2D eigenvalue weighted by Gasteiger charge is 2.30. The number of amides is 1. The van der Waals surface area contributed by atoms with Gasteiger partial charge >= 0.3 is 0 Å². The van der Waals surface area contributed by atoms with E-state index in [1.54, 1.807) is 24.1 Å². The zero-order valence-corrected chi connectivity index (χ0v) is 18.7. The number of sulfonamides is 1. The van der Waals surface area contributed by atoms with Gasteiger partial charge in [-0.05, 0) is 36.1 Å². The van der Waals surface area contributed by atoms with Crippen molar-refractivity contribution in [2.75, 3.05) is 33.3 Å². The third-order valence-electron chi connectivity index (χ3n) is 5.82. The highest BCUT2D eigenvalue weighted by molar-refractivity contribution is 7.89. The molecule has 0 aromatic heterocycles. The molecule has 0 aliphatic carbocycles. The fraction of sp³-hybridized carbons (Fsp3) is 0.435. The number of hydrogen-bond donors (Lipinski definition) is 0. The third-order valence-corrected chi connectivity index (χ3v) is 7.74. The summed E-state index contributed by atoms with van der Waals surface area (Å²) in [5.41, 5.74) is 1.98. The predicted molar refractivity (Wildman–Crippen MR) is 117 cm³/mol. The van der Waals surface area contributed by atoms with Crippen molar-refractivity contribution < 1.29 is 17.9 Å². The SMILES string of the molecule is CCC(C)c1ccc(S(=O)(=O)N2CCN(C(=O)Cc3ccccc3OC)CC2)cc1. The van der Waals surface area contributed by atoms with Crippen molar-refractivity contribution in [1.29, 1.82) is 0 Å². The monoisotopic (exact) mass is 430 g/mol. The summed E-state index contributed by atoms with van der Waals surface area (Å²) in [6, 6.07) is 14.6. The van der Waals surface area contributed by atoms with E-state index in [9.17, 15) is 13.2 Å². The molecule has 3 rings (SSSR count). The van der Waals surface area contributed by atoms with Gasteiger partial charge in [-0.1, -0.05) is 44.2 Å². The first-order valence-electron chi connectivity index (χ1n) is 10.4. The lowest BCUT2D eigenvalue weighted by Crippen LogP contribution is -2.50. The lowest BCUT2D eigenvalue weighted by Gasteiger charge is -2.34. The molecule has 1 aliphatic heterocycles. The fourth-order valence-corrected chi connectivity index (χ4v) is 5.08. The summed E-state index contributed by atoms with van der Waals surface area (Å²) in [5.74, 6) is 1.07. The van der Waals surface area contributed by atoms with E-state index in [1.165, 1.54) is 4.31 Å². The van der Waals surface area contributed by atoms with Crippen LogP contribution in [0.1, 0.15) is 37.3 Å². The van der Waals surface area contributed by atoms with Crippen molar-refractivity contribution in [3.8, 4) is 5.75 Å². The summed E-state index contributed by atoms with van der Waals surface area (Å²) < 4.78 is 32.8. The van der Waals surface area contributed by atoms with Crippen LogP contribution in [0.3, 0.4) is 0 Å². The molecular formula is C23H30N2O4S. The maximum atomic E-state index is 13.0. The summed E-state index contributed by atoms with van der Waals surface area (Å²) in [5, 5.41) is 0. The van der Waals surface area contributed by atoms with Crippen molar-refractivity contribution in [3.05, 3.63) is 59.7 Å². The Hall–Kier alpha value is -2.38. The zero-order valence-electron chi connectivity index (χ0n) is 17.9. The first-order valence-corrected chi connectivity index (χ1v) is 11.8. The van der Waals surface area contributed by atoms with Gasteiger partial charge in [0, 0.05) is 31.7 Å². The molecule has 1 saturated heterocycles. The average Bonchev–Trinajstić information content (AvgIpc) is 2.79. The molecule has 0 saturated carbocycles. The van der Waals surface area contributed by atoms with Crippen LogP contribution in [0.4, 0.5) is 0 Å². The van der Waals surface area contributed by atoms with Crippen molar-refractivity contribution in [2.24, 2.45) is 0 Å². The standard InChI is InChI=1S/C23H30N2O4S/c1-4-18(2)19-9-11-21(12-10-19)30(27,28)25-15-13-24(14-16-25)23(26)17-20-7-5-6-8-22(20)29-3/h5-12,18H,4,13-17H2,1-3H3. The van der Waals surface area contributed by atoms with E-state index in [0.717, 1.165) is 17.5 Å². The maximum absolute atomic E-state index is 13.0. The first kappa shape index (κ1) is 22.3. The second kappa shape index (κ2) is 9.62. The Morgan fingerprint density at radius 3 is 2.27 bits per heavy atom. The zero-order chi connectivity index (χ0) is 21.7. The van der Waals surface area contributed by atoms with E-state index in [4.69, 9.17) is 4.74 Å². The summed E-state index contributed by atoms with van der Waals surface area (Å²) in [6.07, 6.45) is 1.25. The molecule has 6 nitrogen and oxygen atoms in total. The minimum Gasteiger partial charge on any atom is -0.496 e. The number of carbonyl (C=O) groups excluding carboxylic acids is 1.